The number of fused-ring (bicyclic) bond motifs is 1. The summed E-state index contributed by atoms with van der Waals surface area (Å²) in [5.41, 5.74) is 4.03. The third-order valence-corrected chi connectivity index (χ3v) is 3.49. The van der Waals surface area contributed by atoms with E-state index in [4.69, 9.17) is 0 Å². The Kier molecular flexibility index (Phi) is 2.88. The second kappa shape index (κ2) is 4.69. The highest BCUT2D eigenvalue weighted by atomic mass is 16.1. The molecule has 1 heteroatoms. The number of carbonyl (C=O) groups excluding carboxylic acids is 1. The fourth-order valence-electron chi connectivity index (χ4n) is 2.60. The van der Waals surface area contributed by atoms with Gasteiger partial charge >= 0.3 is 0 Å². The first kappa shape index (κ1) is 11.7. The summed E-state index contributed by atoms with van der Waals surface area (Å²) in [6.07, 6.45) is 0.935. The van der Waals surface area contributed by atoms with Crippen molar-refractivity contribution in [1.29, 1.82) is 0 Å². The van der Waals surface area contributed by atoms with E-state index in [-0.39, 0.29) is 0 Å². The summed E-state index contributed by atoms with van der Waals surface area (Å²) in [4.78, 5) is 11.3. The molecular weight excluding hydrogens is 232 g/mol. The highest BCUT2D eigenvalue weighted by molar-refractivity contribution is 6.01. The summed E-state index contributed by atoms with van der Waals surface area (Å²) in [6.45, 7) is 2.05. The average molecular weight is 246 g/mol. The summed E-state index contributed by atoms with van der Waals surface area (Å²) in [6, 6.07) is 20.3. The van der Waals surface area contributed by atoms with Gasteiger partial charge < -0.3 is 0 Å². The van der Waals surface area contributed by atoms with Crippen molar-refractivity contribution in [2.75, 3.05) is 0 Å². The van der Waals surface area contributed by atoms with Gasteiger partial charge in [-0.15, -0.1) is 0 Å². The van der Waals surface area contributed by atoms with Crippen molar-refractivity contribution in [3.05, 3.63) is 71.8 Å². The van der Waals surface area contributed by atoms with Crippen LogP contribution in [0.3, 0.4) is 0 Å². The molecule has 0 bridgehead atoms. The van der Waals surface area contributed by atoms with Crippen LogP contribution < -0.4 is 0 Å². The van der Waals surface area contributed by atoms with Crippen molar-refractivity contribution < 1.29 is 4.79 Å². The monoisotopic (exact) mass is 246 g/mol. The lowest BCUT2D eigenvalue weighted by Gasteiger charge is -2.12. The fourth-order valence-corrected chi connectivity index (χ4v) is 2.60. The Hall–Kier alpha value is -2.41. The maximum atomic E-state index is 11.3. The molecule has 0 aliphatic heterocycles. The lowest BCUT2D eigenvalue weighted by atomic mass is 9.92. The van der Waals surface area contributed by atoms with E-state index in [1.165, 1.54) is 10.8 Å². The average Bonchev–Trinajstić information content (AvgIpc) is 2.46. The Morgan fingerprint density at radius 2 is 1.58 bits per heavy atom. The largest absolute Gasteiger partial charge is 0.298 e. The van der Waals surface area contributed by atoms with Gasteiger partial charge in [0.25, 0.3) is 0 Å². The van der Waals surface area contributed by atoms with Crippen LogP contribution in [0.25, 0.3) is 21.9 Å². The van der Waals surface area contributed by atoms with Gasteiger partial charge in [-0.3, -0.25) is 4.79 Å². The van der Waals surface area contributed by atoms with E-state index < -0.39 is 0 Å². The van der Waals surface area contributed by atoms with Gasteiger partial charge in [-0.1, -0.05) is 60.7 Å². The van der Waals surface area contributed by atoms with Gasteiger partial charge in [-0.25, -0.2) is 0 Å². The summed E-state index contributed by atoms with van der Waals surface area (Å²) >= 11 is 0. The SMILES string of the molecule is Cc1cccc(C=O)c1-c1cccc2ccccc12. The van der Waals surface area contributed by atoms with Crippen molar-refractivity contribution in [2.45, 2.75) is 6.92 Å². The van der Waals surface area contributed by atoms with Crippen LogP contribution in [0.15, 0.2) is 60.7 Å². The first-order chi connectivity index (χ1) is 9.31. The first-order valence-electron chi connectivity index (χ1n) is 6.34. The zero-order valence-electron chi connectivity index (χ0n) is 10.8. The molecule has 0 radical (unpaired) electrons. The predicted octanol–water partition coefficient (Wildman–Crippen LogP) is 4.63. The van der Waals surface area contributed by atoms with Crippen molar-refractivity contribution in [1.82, 2.24) is 0 Å². The molecule has 0 atom stereocenters. The third-order valence-electron chi connectivity index (χ3n) is 3.49. The molecule has 0 aromatic heterocycles. The van der Waals surface area contributed by atoms with Crippen LogP contribution in [0.5, 0.6) is 0 Å². The second-order valence-electron chi connectivity index (χ2n) is 4.68. The predicted molar refractivity (Wildman–Crippen MR) is 79.5 cm³/mol. The molecule has 0 unspecified atom stereocenters. The van der Waals surface area contributed by atoms with Crippen molar-refractivity contribution in [3.63, 3.8) is 0 Å². The molecule has 0 aliphatic carbocycles. The third kappa shape index (κ3) is 1.93. The van der Waals surface area contributed by atoms with Crippen molar-refractivity contribution in [3.8, 4) is 11.1 Å². The van der Waals surface area contributed by atoms with Crippen LogP contribution in [0.1, 0.15) is 15.9 Å². The molecule has 92 valence electrons. The zero-order chi connectivity index (χ0) is 13.2. The molecule has 3 rings (SSSR count). The van der Waals surface area contributed by atoms with E-state index >= 15 is 0 Å². The molecule has 19 heavy (non-hydrogen) atoms. The van der Waals surface area contributed by atoms with Crippen LogP contribution in [0, 0.1) is 6.92 Å². The summed E-state index contributed by atoms with van der Waals surface area (Å²) in [7, 11) is 0. The number of aryl methyl sites for hydroxylation is 1. The van der Waals surface area contributed by atoms with Crippen LogP contribution in [0.2, 0.25) is 0 Å². The lowest BCUT2D eigenvalue weighted by Crippen LogP contribution is -1.92. The van der Waals surface area contributed by atoms with E-state index in [0.717, 1.165) is 28.5 Å². The summed E-state index contributed by atoms with van der Waals surface area (Å²) < 4.78 is 0. The number of rotatable bonds is 2. The van der Waals surface area contributed by atoms with Gasteiger partial charge in [-0.2, -0.15) is 0 Å². The molecule has 0 spiro atoms. The zero-order valence-corrected chi connectivity index (χ0v) is 10.8. The maximum Gasteiger partial charge on any atom is 0.150 e. The van der Waals surface area contributed by atoms with Crippen LogP contribution in [-0.4, -0.2) is 6.29 Å². The molecular formula is C18H14O. The molecule has 0 fully saturated rings. The molecule has 0 saturated carbocycles. The number of benzene rings is 3. The maximum absolute atomic E-state index is 11.3. The number of aldehydes is 1. The molecule has 0 N–H and O–H groups in total. The number of carbonyl (C=O) groups is 1. The topological polar surface area (TPSA) is 17.1 Å². The minimum absolute atomic E-state index is 0.747. The van der Waals surface area contributed by atoms with Crippen LogP contribution >= 0.6 is 0 Å². The Morgan fingerprint density at radius 3 is 2.42 bits per heavy atom. The molecule has 3 aromatic rings. The van der Waals surface area contributed by atoms with E-state index in [2.05, 4.69) is 24.3 Å². The van der Waals surface area contributed by atoms with E-state index in [1.54, 1.807) is 0 Å². The van der Waals surface area contributed by atoms with Gasteiger partial charge in [0.15, 0.2) is 6.29 Å². The van der Waals surface area contributed by atoms with Gasteiger partial charge in [0.05, 0.1) is 0 Å². The van der Waals surface area contributed by atoms with Gasteiger partial charge in [-0.05, 0) is 34.4 Å². The standard InChI is InChI=1S/C18H14O/c1-13-6-4-9-15(12-19)18(13)17-11-5-8-14-7-2-3-10-16(14)17/h2-12H,1H3. The van der Waals surface area contributed by atoms with Gasteiger partial charge in [0.2, 0.25) is 0 Å². The molecule has 1 nitrogen and oxygen atoms in total. The van der Waals surface area contributed by atoms with E-state index in [1.807, 2.05) is 43.3 Å². The minimum atomic E-state index is 0.747. The molecule has 0 amide bonds. The molecule has 3 aromatic carbocycles. The normalized spacial score (nSPS) is 10.6. The summed E-state index contributed by atoms with van der Waals surface area (Å²) in [5.74, 6) is 0. The smallest absolute Gasteiger partial charge is 0.150 e. The van der Waals surface area contributed by atoms with Gasteiger partial charge in [0.1, 0.15) is 0 Å². The Morgan fingerprint density at radius 1 is 0.842 bits per heavy atom. The molecule has 0 heterocycles. The van der Waals surface area contributed by atoms with Crippen molar-refractivity contribution in [2.24, 2.45) is 0 Å². The number of hydrogen-bond acceptors (Lipinski definition) is 1. The van der Waals surface area contributed by atoms with Crippen LogP contribution in [0.4, 0.5) is 0 Å². The quantitative estimate of drug-likeness (QED) is 0.602. The molecule has 0 aliphatic rings. The first-order valence-corrected chi connectivity index (χ1v) is 6.34. The van der Waals surface area contributed by atoms with Gasteiger partial charge in [0, 0.05) is 5.56 Å². The Labute approximate surface area is 112 Å². The Balaban J connectivity index is 2.40. The van der Waals surface area contributed by atoms with E-state index in [9.17, 15) is 4.79 Å². The highest BCUT2D eigenvalue weighted by Crippen LogP contribution is 2.32. The second-order valence-corrected chi connectivity index (χ2v) is 4.68. The number of hydrogen-bond donors (Lipinski definition) is 0. The van der Waals surface area contributed by atoms with E-state index in [0.29, 0.717) is 0 Å². The minimum Gasteiger partial charge on any atom is -0.298 e. The van der Waals surface area contributed by atoms with Crippen molar-refractivity contribution >= 4 is 17.1 Å². The summed E-state index contributed by atoms with van der Waals surface area (Å²) in [5, 5.41) is 2.38. The fraction of sp³-hybridized carbons (Fsp3) is 0.0556. The Bertz CT molecular complexity index is 751. The molecule has 0 saturated heterocycles. The van der Waals surface area contributed by atoms with Crippen LogP contribution in [-0.2, 0) is 0 Å². The highest BCUT2D eigenvalue weighted by Gasteiger charge is 2.10. The lowest BCUT2D eigenvalue weighted by molar-refractivity contribution is 0.112.